The van der Waals surface area contributed by atoms with Crippen LogP contribution in [0.3, 0.4) is 0 Å². The zero-order valence-corrected chi connectivity index (χ0v) is 19.1. The Labute approximate surface area is 198 Å². The second-order valence-corrected chi connectivity index (χ2v) is 7.47. The highest BCUT2D eigenvalue weighted by atomic mass is 19.4. The molecular formula is C22H22F3N5O5. The van der Waals surface area contributed by atoms with Gasteiger partial charge in [0, 0.05) is 25.1 Å². The number of alkyl halides is 3. The molecule has 4 rings (SSSR count). The smallest absolute Gasteiger partial charge is 0.408 e. The van der Waals surface area contributed by atoms with Crippen LogP contribution < -0.4 is 14.4 Å². The summed E-state index contributed by atoms with van der Waals surface area (Å²) in [5.74, 6) is 0.226. The molecule has 1 amide bonds. The van der Waals surface area contributed by atoms with Crippen LogP contribution in [0.15, 0.2) is 36.8 Å². The summed E-state index contributed by atoms with van der Waals surface area (Å²) >= 11 is 0. The molecule has 0 N–H and O–H groups in total. The van der Waals surface area contributed by atoms with Crippen LogP contribution in [0.2, 0.25) is 0 Å². The van der Waals surface area contributed by atoms with Crippen LogP contribution >= 0.6 is 0 Å². The molecule has 13 heteroatoms. The number of hydrogen-bond donors (Lipinski definition) is 0. The first-order valence-corrected chi connectivity index (χ1v) is 10.4. The van der Waals surface area contributed by atoms with E-state index in [9.17, 15) is 18.0 Å². The van der Waals surface area contributed by atoms with Crippen molar-refractivity contribution in [3.05, 3.63) is 48.0 Å². The number of methoxy groups -OCH3 is 3. The molecule has 3 aromatic heterocycles. The summed E-state index contributed by atoms with van der Waals surface area (Å²) in [5.41, 5.74) is 1.80. The van der Waals surface area contributed by atoms with E-state index in [1.807, 2.05) is 0 Å². The maximum Gasteiger partial charge on any atom is 0.408 e. The summed E-state index contributed by atoms with van der Waals surface area (Å²) in [6.07, 6.45) is -1.58. The van der Waals surface area contributed by atoms with Gasteiger partial charge in [0.15, 0.2) is 12.0 Å². The number of carbonyl (C=O) groups is 1. The standard InChI is InChI=1S/C22H22F3N5O5/c1-32-6-7-35-21-18-15(20(31)30(21)14-10-27-29(11-14)12-22(23,24)25)4-5-16(28-18)13-8-17(33-2)19(34-3)26-9-13/h4-5,8-11,21H,6-7,12H2,1-3H3. The van der Waals surface area contributed by atoms with Crippen molar-refractivity contribution in [3.63, 3.8) is 0 Å². The average Bonchev–Trinajstić information content (AvgIpc) is 3.39. The molecule has 10 nitrogen and oxygen atoms in total. The van der Waals surface area contributed by atoms with Gasteiger partial charge in [0.2, 0.25) is 0 Å². The predicted octanol–water partition coefficient (Wildman–Crippen LogP) is 3.24. The van der Waals surface area contributed by atoms with Crippen LogP contribution in [-0.4, -0.2) is 66.4 Å². The fourth-order valence-corrected chi connectivity index (χ4v) is 3.63. The van der Waals surface area contributed by atoms with Crippen molar-refractivity contribution in [1.82, 2.24) is 19.7 Å². The van der Waals surface area contributed by atoms with Gasteiger partial charge in [-0.3, -0.25) is 14.4 Å². The molecule has 0 spiro atoms. The van der Waals surface area contributed by atoms with Crippen LogP contribution in [0.4, 0.5) is 18.9 Å². The lowest BCUT2D eigenvalue weighted by Crippen LogP contribution is -2.30. The van der Waals surface area contributed by atoms with E-state index in [1.165, 1.54) is 32.4 Å². The monoisotopic (exact) mass is 493 g/mol. The normalized spacial score (nSPS) is 15.4. The van der Waals surface area contributed by atoms with E-state index in [1.54, 1.807) is 24.4 Å². The quantitative estimate of drug-likeness (QED) is 0.419. The Morgan fingerprint density at radius 1 is 1.09 bits per heavy atom. The summed E-state index contributed by atoms with van der Waals surface area (Å²) in [4.78, 5) is 23.3. The van der Waals surface area contributed by atoms with Crippen molar-refractivity contribution < 1.29 is 36.9 Å². The zero-order valence-electron chi connectivity index (χ0n) is 19.1. The second-order valence-electron chi connectivity index (χ2n) is 7.47. The summed E-state index contributed by atoms with van der Waals surface area (Å²) in [6, 6.07) is 4.92. The number of aromatic nitrogens is 4. The van der Waals surface area contributed by atoms with Crippen molar-refractivity contribution in [1.29, 1.82) is 0 Å². The number of hydrogen-bond acceptors (Lipinski definition) is 8. The molecule has 1 aliphatic rings. The van der Waals surface area contributed by atoms with E-state index in [2.05, 4.69) is 15.1 Å². The third-order valence-corrected chi connectivity index (χ3v) is 5.17. The van der Waals surface area contributed by atoms with Gasteiger partial charge >= 0.3 is 6.18 Å². The lowest BCUT2D eigenvalue weighted by molar-refractivity contribution is -0.142. The Morgan fingerprint density at radius 2 is 1.89 bits per heavy atom. The minimum atomic E-state index is -4.46. The van der Waals surface area contributed by atoms with Crippen LogP contribution in [-0.2, 0) is 16.0 Å². The van der Waals surface area contributed by atoms with Crippen molar-refractivity contribution in [2.45, 2.75) is 18.9 Å². The number of carbonyl (C=O) groups excluding carboxylic acids is 1. The van der Waals surface area contributed by atoms with E-state index in [-0.39, 0.29) is 24.5 Å². The Bertz CT molecular complexity index is 1220. The van der Waals surface area contributed by atoms with E-state index >= 15 is 0 Å². The van der Waals surface area contributed by atoms with Crippen LogP contribution in [0.5, 0.6) is 11.6 Å². The van der Waals surface area contributed by atoms with Gasteiger partial charge in [-0.25, -0.2) is 9.97 Å². The SMILES string of the molecule is COCCOC1c2nc(-c3cnc(OC)c(OC)c3)ccc2C(=O)N1c1cnn(CC(F)(F)F)c1. The van der Waals surface area contributed by atoms with E-state index in [0.717, 1.165) is 6.20 Å². The van der Waals surface area contributed by atoms with Gasteiger partial charge in [0.1, 0.15) is 12.2 Å². The van der Waals surface area contributed by atoms with Gasteiger partial charge in [-0.15, -0.1) is 0 Å². The Kier molecular flexibility index (Phi) is 6.89. The largest absolute Gasteiger partial charge is 0.491 e. The van der Waals surface area contributed by atoms with Crippen molar-refractivity contribution >= 4 is 11.6 Å². The molecule has 0 aromatic carbocycles. The molecule has 0 bridgehead atoms. The minimum absolute atomic E-state index is 0.116. The topological polar surface area (TPSA) is 101 Å². The molecule has 4 heterocycles. The third-order valence-electron chi connectivity index (χ3n) is 5.17. The first kappa shape index (κ1) is 24.4. The fraction of sp³-hybridized carbons (Fsp3) is 0.364. The zero-order chi connectivity index (χ0) is 25.2. The lowest BCUT2D eigenvalue weighted by Gasteiger charge is -2.23. The summed E-state index contributed by atoms with van der Waals surface area (Å²) in [7, 11) is 4.45. The fourth-order valence-electron chi connectivity index (χ4n) is 3.63. The molecule has 0 aliphatic carbocycles. The summed E-state index contributed by atoms with van der Waals surface area (Å²) < 4.78 is 60.5. The molecule has 0 saturated heterocycles. The highest BCUT2D eigenvalue weighted by Crippen LogP contribution is 2.39. The molecular weight excluding hydrogens is 471 g/mol. The first-order chi connectivity index (χ1) is 16.8. The number of rotatable bonds is 9. The third kappa shape index (κ3) is 5.05. The molecule has 186 valence electrons. The Balaban J connectivity index is 1.71. The Hall–Kier alpha value is -3.71. The summed E-state index contributed by atoms with van der Waals surface area (Å²) in [5, 5.41) is 3.74. The van der Waals surface area contributed by atoms with E-state index in [0.29, 0.717) is 33.3 Å². The number of pyridine rings is 2. The maximum atomic E-state index is 13.2. The Morgan fingerprint density at radius 3 is 2.57 bits per heavy atom. The first-order valence-electron chi connectivity index (χ1n) is 10.4. The van der Waals surface area contributed by atoms with Crippen LogP contribution in [0.1, 0.15) is 22.3 Å². The number of fused-ring (bicyclic) bond motifs is 1. The molecule has 1 unspecified atom stereocenters. The van der Waals surface area contributed by atoms with Crippen LogP contribution in [0.25, 0.3) is 11.3 Å². The minimum Gasteiger partial charge on any atom is -0.491 e. The van der Waals surface area contributed by atoms with E-state index < -0.39 is 24.9 Å². The second kappa shape index (κ2) is 9.88. The van der Waals surface area contributed by atoms with E-state index in [4.69, 9.17) is 18.9 Å². The predicted molar refractivity (Wildman–Crippen MR) is 116 cm³/mol. The molecule has 1 atom stereocenters. The summed E-state index contributed by atoms with van der Waals surface area (Å²) in [6.45, 7) is -0.933. The highest BCUT2D eigenvalue weighted by molar-refractivity contribution is 6.10. The number of anilines is 1. The van der Waals surface area contributed by atoms with Crippen LogP contribution in [0, 0.1) is 0 Å². The number of halogens is 3. The van der Waals surface area contributed by atoms with Crippen molar-refractivity contribution in [2.75, 3.05) is 39.4 Å². The van der Waals surface area contributed by atoms with Crippen molar-refractivity contribution in [3.8, 4) is 22.9 Å². The van der Waals surface area contributed by atoms with Gasteiger partial charge in [-0.2, -0.15) is 18.3 Å². The number of nitrogens with zero attached hydrogens (tertiary/aromatic N) is 5. The average molecular weight is 493 g/mol. The number of ether oxygens (including phenoxy) is 4. The molecule has 3 aromatic rings. The highest BCUT2D eigenvalue weighted by Gasteiger charge is 2.41. The van der Waals surface area contributed by atoms with Gasteiger partial charge in [-0.1, -0.05) is 0 Å². The van der Waals surface area contributed by atoms with Gasteiger partial charge in [0.05, 0.1) is 50.6 Å². The van der Waals surface area contributed by atoms with Gasteiger partial charge < -0.3 is 18.9 Å². The molecule has 0 saturated carbocycles. The molecule has 0 fully saturated rings. The molecule has 35 heavy (non-hydrogen) atoms. The van der Waals surface area contributed by atoms with Gasteiger partial charge in [0.25, 0.3) is 11.8 Å². The maximum absolute atomic E-state index is 13.2. The van der Waals surface area contributed by atoms with Gasteiger partial charge in [-0.05, 0) is 18.2 Å². The molecule has 1 aliphatic heterocycles. The van der Waals surface area contributed by atoms with Crippen molar-refractivity contribution in [2.24, 2.45) is 0 Å². The molecule has 0 radical (unpaired) electrons. The number of amides is 1. The lowest BCUT2D eigenvalue weighted by atomic mass is 10.1.